The van der Waals surface area contributed by atoms with Gasteiger partial charge in [-0.05, 0) is 37.0 Å². The summed E-state index contributed by atoms with van der Waals surface area (Å²) in [5.74, 6) is 1.18. The van der Waals surface area contributed by atoms with E-state index in [1.165, 1.54) is 5.56 Å². The van der Waals surface area contributed by atoms with Crippen LogP contribution in [0.15, 0.2) is 53.1 Å². The molecule has 29 heavy (non-hydrogen) atoms. The molecule has 144 valence electrons. The molecule has 1 aliphatic rings. The number of aromatic nitrogens is 3. The first-order valence-corrected chi connectivity index (χ1v) is 9.57. The van der Waals surface area contributed by atoms with Crippen LogP contribution in [0, 0.1) is 0 Å². The minimum absolute atomic E-state index is 0.320. The number of amides is 1. The summed E-state index contributed by atoms with van der Waals surface area (Å²) < 4.78 is 5.56. The third-order valence-electron chi connectivity index (χ3n) is 5.21. The predicted molar refractivity (Wildman–Crippen MR) is 109 cm³/mol. The van der Waals surface area contributed by atoms with E-state index in [9.17, 15) is 4.79 Å². The molecule has 5 rings (SSSR count). The van der Waals surface area contributed by atoms with Crippen molar-refractivity contribution in [3.8, 4) is 11.6 Å². The molecule has 0 bridgehead atoms. The molecule has 0 fully saturated rings. The SMILES string of the molecule is NC(=O)c1cccc2c(-c3nc4c(c(NCc5ccccc5)n3)CCC4)onc12. The number of hydrogen-bond donors (Lipinski definition) is 2. The maximum absolute atomic E-state index is 11.7. The summed E-state index contributed by atoms with van der Waals surface area (Å²) in [6.07, 6.45) is 2.91. The average Bonchev–Trinajstić information content (AvgIpc) is 3.39. The lowest BCUT2D eigenvalue weighted by Gasteiger charge is -2.11. The van der Waals surface area contributed by atoms with E-state index in [4.69, 9.17) is 20.2 Å². The Morgan fingerprint density at radius 2 is 1.93 bits per heavy atom. The Balaban J connectivity index is 1.57. The van der Waals surface area contributed by atoms with Crippen LogP contribution in [-0.4, -0.2) is 21.0 Å². The second-order valence-electron chi connectivity index (χ2n) is 7.09. The molecule has 0 unspecified atom stereocenters. The fraction of sp³-hybridized carbons (Fsp3) is 0.182. The van der Waals surface area contributed by atoms with Crippen LogP contribution in [0.4, 0.5) is 5.82 Å². The molecule has 2 aromatic heterocycles. The molecule has 7 heteroatoms. The second-order valence-corrected chi connectivity index (χ2v) is 7.09. The zero-order chi connectivity index (χ0) is 19.8. The summed E-state index contributed by atoms with van der Waals surface area (Å²) in [6, 6.07) is 15.4. The molecule has 0 spiro atoms. The van der Waals surface area contributed by atoms with Crippen molar-refractivity contribution in [2.24, 2.45) is 5.73 Å². The summed E-state index contributed by atoms with van der Waals surface area (Å²) in [7, 11) is 0. The highest BCUT2D eigenvalue weighted by Crippen LogP contribution is 2.33. The van der Waals surface area contributed by atoms with E-state index in [-0.39, 0.29) is 0 Å². The van der Waals surface area contributed by atoms with Crippen LogP contribution in [0.25, 0.3) is 22.5 Å². The second kappa shape index (κ2) is 7.01. The molecule has 0 aliphatic heterocycles. The minimum Gasteiger partial charge on any atom is -0.366 e. The van der Waals surface area contributed by atoms with Crippen LogP contribution in [0.5, 0.6) is 0 Å². The van der Waals surface area contributed by atoms with Crippen molar-refractivity contribution in [3.05, 3.63) is 70.9 Å². The van der Waals surface area contributed by atoms with Crippen molar-refractivity contribution in [1.29, 1.82) is 0 Å². The molecule has 0 radical (unpaired) electrons. The van der Waals surface area contributed by atoms with Crippen LogP contribution in [0.3, 0.4) is 0 Å². The molecule has 2 aromatic carbocycles. The quantitative estimate of drug-likeness (QED) is 0.545. The van der Waals surface area contributed by atoms with Crippen molar-refractivity contribution >= 4 is 22.6 Å². The number of nitrogens with two attached hydrogens (primary N) is 1. The highest BCUT2D eigenvalue weighted by Gasteiger charge is 2.23. The molecule has 1 aliphatic carbocycles. The summed E-state index contributed by atoms with van der Waals surface area (Å²) in [4.78, 5) is 21.2. The molecule has 2 heterocycles. The maximum Gasteiger partial charge on any atom is 0.251 e. The van der Waals surface area contributed by atoms with Gasteiger partial charge in [0.25, 0.3) is 5.91 Å². The van der Waals surface area contributed by atoms with Gasteiger partial charge in [-0.3, -0.25) is 4.79 Å². The van der Waals surface area contributed by atoms with Crippen molar-refractivity contribution in [1.82, 2.24) is 15.1 Å². The number of hydrogen-bond acceptors (Lipinski definition) is 6. The first-order valence-electron chi connectivity index (χ1n) is 9.57. The smallest absolute Gasteiger partial charge is 0.251 e. The summed E-state index contributed by atoms with van der Waals surface area (Å²) >= 11 is 0. The lowest BCUT2D eigenvalue weighted by Crippen LogP contribution is -2.11. The van der Waals surface area contributed by atoms with E-state index < -0.39 is 5.91 Å². The van der Waals surface area contributed by atoms with Crippen LogP contribution in [0.2, 0.25) is 0 Å². The molecule has 7 nitrogen and oxygen atoms in total. The maximum atomic E-state index is 11.7. The number of carbonyl (C=O) groups is 1. The fourth-order valence-corrected chi connectivity index (χ4v) is 3.79. The van der Waals surface area contributed by atoms with Gasteiger partial charge in [0.2, 0.25) is 11.6 Å². The minimum atomic E-state index is -0.546. The van der Waals surface area contributed by atoms with E-state index in [1.807, 2.05) is 24.3 Å². The number of primary amides is 1. The molecular weight excluding hydrogens is 366 g/mol. The van der Waals surface area contributed by atoms with Crippen LogP contribution < -0.4 is 11.1 Å². The Morgan fingerprint density at radius 1 is 1.07 bits per heavy atom. The van der Waals surface area contributed by atoms with Crippen molar-refractivity contribution < 1.29 is 9.32 Å². The molecule has 0 saturated heterocycles. The number of fused-ring (bicyclic) bond motifs is 2. The highest BCUT2D eigenvalue weighted by atomic mass is 16.5. The van der Waals surface area contributed by atoms with Crippen molar-refractivity contribution in [2.75, 3.05) is 5.32 Å². The first-order chi connectivity index (χ1) is 14.2. The van der Waals surface area contributed by atoms with Crippen LogP contribution in [0.1, 0.15) is 33.6 Å². The Kier molecular flexibility index (Phi) is 4.20. The largest absolute Gasteiger partial charge is 0.366 e. The topological polar surface area (TPSA) is 107 Å². The first kappa shape index (κ1) is 17.4. The summed E-state index contributed by atoms with van der Waals surface area (Å²) in [6.45, 7) is 0.673. The number of anilines is 1. The average molecular weight is 385 g/mol. The van der Waals surface area contributed by atoms with Gasteiger partial charge in [-0.2, -0.15) is 0 Å². The summed E-state index contributed by atoms with van der Waals surface area (Å²) in [5, 5.41) is 8.19. The van der Waals surface area contributed by atoms with E-state index in [2.05, 4.69) is 22.6 Å². The predicted octanol–water partition coefficient (Wildman–Crippen LogP) is 3.48. The van der Waals surface area contributed by atoms with E-state index >= 15 is 0 Å². The van der Waals surface area contributed by atoms with Gasteiger partial charge in [-0.1, -0.05) is 41.6 Å². The number of benzene rings is 2. The van der Waals surface area contributed by atoms with Gasteiger partial charge in [0.15, 0.2) is 0 Å². The number of carbonyl (C=O) groups excluding carboxylic acids is 1. The monoisotopic (exact) mass is 385 g/mol. The lowest BCUT2D eigenvalue weighted by atomic mass is 10.1. The van der Waals surface area contributed by atoms with E-state index in [0.717, 1.165) is 36.3 Å². The highest BCUT2D eigenvalue weighted by molar-refractivity contribution is 6.07. The zero-order valence-electron chi connectivity index (χ0n) is 15.7. The van der Waals surface area contributed by atoms with Gasteiger partial charge < -0.3 is 15.6 Å². The number of aryl methyl sites for hydroxylation is 1. The Labute approximate surface area is 167 Å². The molecular formula is C22H19N5O2. The van der Waals surface area contributed by atoms with Gasteiger partial charge in [0, 0.05) is 17.8 Å². The molecule has 0 saturated carbocycles. The molecule has 4 aromatic rings. The van der Waals surface area contributed by atoms with Crippen LogP contribution in [-0.2, 0) is 19.4 Å². The summed E-state index contributed by atoms with van der Waals surface area (Å²) in [5.41, 5.74) is 9.57. The third kappa shape index (κ3) is 3.10. The van der Waals surface area contributed by atoms with Crippen molar-refractivity contribution in [3.63, 3.8) is 0 Å². The Hall–Kier alpha value is -3.74. The Bertz CT molecular complexity index is 1220. The van der Waals surface area contributed by atoms with Gasteiger partial charge in [0.1, 0.15) is 11.3 Å². The molecule has 1 amide bonds. The zero-order valence-corrected chi connectivity index (χ0v) is 15.7. The van der Waals surface area contributed by atoms with E-state index in [1.54, 1.807) is 12.1 Å². The number of nitrogens with zero attached hydrogens (tertiary/aromatic N) is 3. The number of rotatable bonds is 5. The van der Waals surface area contributed by atoms with Gasteiger partial charge in [-0.25, -0.2) is 9.97 Å². The van der Waals surface area contributed by atoms with Crippen LogP contribution >= 0.6 is 0 Å². The molecule has 3 N–H and O–H groups in total. The van der Waals surface area contributed by atoms with Gasteiger partial charge in [0.05, 0.1) is 10.9 Å². The van der Waals surface area contributed by atoms with Gasteiger partial charge >= 0.3 is 0 Å². The van der Waals surface area contributed by atoms with E-state index in [0.29, 0.717) is 34.6 Å². The molecule has 0 atom stereocenters. The fourth-order valence-electron chi connectivity index (χ4n) is 3.79. The normalized spacial score (nSPS) is 12.8. The Morgan fingerprint density at radius 3 is 2.76 bits per heavy atom. The van der Waals surface area contributed by atoms with Gasteiger partial charge in [-0.15, -0.1) is 0 Å². The number of nitrogens with one attached hydrogen (secondary N) is 1. The standard InChI is InChI=1S/C22H19N5O2/c23-20(28)16-10-4-9-15-18(16)27-29-19(15)22-25-17-11-5-8-14(17)21(26-22)24-12-13-6-2-1-3-7-13/h1-4,6-7,9-10H,5,8,11-12H2,(H2,23,28)(H,24,25,26). The van der Waals surface area contributed by atoms with Crippen molar-refractivity contribution in [2.45, 2.75) is 25.8 Å². The third-order valence-corrected chi connectivity index (χ3v) is 5.21. The lowest BCUT2D eigenvalue weighted by molar-refractivity contribution is 0.100.